The highest BCUT2D eigenvalue weighted by atomic mass is 16.5. The summed E-state index contributed by atoms with van der Waals surface area (Å²) in [5.74, 6) is -0.628. The lowest BCUT2D eigenvalue weighted by Gasteiger charge is -2.07. The van der Waals surface area contributed by atoms with Gasteiger partial charge in [0.15, 0.2) is 0 Å². The zero-order valence-electron chi connectivity index (χ0n) is 11.6. The molecule has 2 heterocycles. The third-order valence-electron chi connectivity index (χ3n) is 3.24. The first-order chi connectivity index (χ1) is 10.2. The molecule has 0 atom stereocenters. The fourth-order valence-corrected chi connectivity index (χ4v) is 2.23. The maximum Gasteiger partial charge on any atom is 0.345 e. The van der Waals surface area contributed by atoms with Gasteiger partial charge in [-0.05, 0) is 30.0 Å². The van der Waals surface area contributed by atoms with E-state index in [-0.39, 0.29) is 12.2 Å². The number of aromatic nitrogens is 2. The second kappa shape index (κ2) is 5.36. The van der Waals surface area contributed by atoms with Crippen LogP contribution >= 0.6 is 0 Å². The molecule has 0 fully saturated rings. The summed E-state index contributed by atoms with van der Waals surface area (Å²) in [4.78, 5) is 28.7. The van der Waals surface area contributed by atoms with Crippen molar-refractivity contribution in [2.45, 2.75) is 13.3 Å². The number of nitrogens with zero attached hydrogens (tertiary/aromatic N) is 2. The zero-order chi connectivity index (χ0) is 14.8. The predicted octanol–water partition coefficient (Wildman–Crippen LogP) is 2.41. The number of carbonyl (C=O) groups is 1. The van der Waals surface area contributed by atoms with Crippen LogP contribution < -0.4 is 5.56 Å². The van der Waals surface area contributed by atoms with Crippen LogP contribution in [0.4, 0.5) is 0 Å². The van der Waals surface area contributed by atoms with Gasteiger partial charge in [0, 0.05) is 6.20 Å². The number of hydrogen-bond acceptors (Lipinski definition) is 4. The van der Waals surface area contributed by atoms with Gasteiger partial charge in [0.1, 0.15) is 11.2 Å². The number of ether oxygens (including phenoxy) is 1. The topological polar surface area (TPSA) is 60.7 Å². The average Bonchev–Trinajstić information content (AvgIpc) is 2.52. The first kappa shape index (κ1) is 13.3. The summed E-state index contributed by atoms with van der Waals surface area (Å²) in [5.41, 5.74) is 0.776. The number of esters is 1. The molecule has 0 radical (unpaired) electrons. The van der Waals surface area contributed by atoms with Gasteiger partial charge in [-0.25, -0.2) is 9.78 Å². The molecule has 5 nitrogen and oxygen atoms in total. The summed E-state index contributed by atoms with van der Waals surface area (Å²) < 4.78 is 6.47. The fourth-order valence-electron chi connectivity index (χ4n) is 2.23. The molecule has 21 heavy (non-hydrogen) atoms. The lowest BCUT2D eigenvalue weighted by molar-refractivity contribution is 0.0502. The minimum absolute atomic E-state index is 0.0442. The van der Waals surface area contributed by atoms with Gasteiger partial charge < -0.3 is 4.74 Å². The summed E-state index contributed by atoms with van der Waals surface area (Å²) in [6, 6.07) is 11.1. The number of carbonyl (C=O) groups excluding carboxylic acids is 1. The van der Waals surface area contributed by atoms with Gasteiger partial charge >= 0.3 is 5.97 Å². The molecule has 0 amide bonds. The molecule has 0 spiro atoms. The molecule has 0 aliphatic heterocycles. The van der Waals surface area contributed by atoms with Crippen LogP contribution in [0.1, 0.15) is 23.7 Å². The average molecular weight is 282 g/mol. The summed E-state index contributed by atoms with van der Waals surface area (Å²) in [6.07, 6.45) is 1.99. The van der Waals surface area contributed by atoms with Crippen molar-refractivity contribution in [3.63, 3.8) is 0 Å². The summed E-state index contributed by atoms with van der Waals surface area (Å²) >= 11 is 0. The third kappa shape index (κ3) is 2.27. The molecule has 0 saturated heterocycles. The Morgan fingerprint density at radius 3 is 2.86 bits per heavy atom. The van der Waals surface area contributed by atoms with Crippen LogP contribution in [0.5, 0.6) is 0 Å². The van der Waals surface area contributed by atoms with E-state index in [1.54, 1.807) is 6.07 Å². The molecule has 0 unspecified atom stereocenters. The highest BCUT2D eigenvalue weighted by Gasteiger charge is 2.15. The second-order valence-corrected chi connectivity index (χ2v) is 4.70. The molecule has 3 rings (SSSR count). The van der Waals surface area contributed by atoms with Crippen molar-refractivity contribution in [1.82, 2.24) is 9.38 Å². The Morgan fingerprint density at radius 2 is 2.05 bits per heavy atom. The van der Waals surface area contributed by atoms with Crippen LogP contribution in [0.15, 0.2) is 47.4 Å². The first-order valence-corrected chi connectivity index (χ1v) is 6.79. The van der Waals surface area contributed by atoms with Gasteiger partial charge in [0.25, 0.3) is 5.56 Å². The van der Waals surface area contributed by atoms with E-state index in [0.29, 0.717) is 12.1 Å². The van der Waals surface area contributed by atoms with E-state index >= 15 is 0 Å². The van der Waals surface area contributed by atoms with Crippen molar-refractivity contribution < 1.29 is 9.53 Å². The molecule has 5 heteroatoms. The maximum absolute atomic E-state index is 12.6. The molecular weight excluding hydrogens is 268 g/mol. The number of fused-ring (bicyclic) bond motifs is 3. The highest BCUT2D eigenvalue weighted by molar-refractivity contribution is 5.90. The van der Waals surface area contributed by atoms with Crippen LogP contribution in [-0.2, 0) is 4.74 Å². The van der Waals surface area contributed by atoms with Crippen molar-refractivity contribution in [1.29, 1.82) is 0 Å². The third-order valence-corrected chi connectivity index (χ3v) is 3.24. The molecule has 0 saturated carbocycles. The van der Waals surface area contributed by atoms with Crippen LogP contribution in [0.3, 0.4) is 0 Å². The lowest BCUT2D eigenvalue weighted by atomic mass is 10.2. The minimum Gasteiger partial charge on any atom is -0.462 e. The van der Waals surface area contributed by atoms with E-state index in [1.807, 2.05) is 37.3 Å². The second-order valence-electron chi connectivity index (χ2n) is 4.70. The smallest absolute Gasteiger partial charge is 0.345 e. The number of rotatable bonds is 3. The van der Waals surface area contributed by atoms with Gasteiger partial charge in [-0.15, -0.1) is 0 Å². The van der Waals surface area contributed by atoms with Gasteiger partial charge in [-0.2, -0.15) is 0 Å². The van der Waals surface area contributed by atoms with Gasteiger partial charge in [-0.3, -0.25) is 9.20 Å². The van der Waals surface area contributed by atoms with Crippen molar-refractivity contribution in [3.8, 4) is 0 Å². The predicted molar refractivity (Wildman–Crippen MR) is 79.5 cm³/mol. The minimum atomic E-state index is -0.628. The Kier molecular flexibility index (Phi) is 3.39. The molecule has 0 aliphatic carbocycles. The zero-order valence-corrected chi connectivity index (χ0v) is 11.6. The maximum atomic E-state index is 12.6. The van der Waals surface area contributed by atoms with E-state index in [2.05, 4.69) is 4.98 Å². The van der Waals surface area contributed by atoms with Crippen LogP contribution in [0, 0.1) is 0 Å². The number of benzene rings is 1. The molecule has 0 N–H and O–H groups in total. The van der Waals surface area contributed by atoms with E-state index in [4.69, 9.17) is 4.74 Å². The molecule has 0 aliphatic rings. The van der Waals surface area contributed by atoms with Gasteiger partial charge in [0.2, 0.25) is 0 Å². The van der Waals surface area contributed by atoms with E-state index in [9.17, 15) is 9.59 Å². The largest absolute Gasteiger partial charge is 0.462 e. The Morgan fingerprint density at radius 1 is 1.24 bits per heavy atom. The van der Waals surface area contributed by atoms with Gasteiger partial charge in [-0.1, -0.05) is 25.1 Å². The molecular formula is C16H14N2O3. The lowest BCUT2D eigenvalue weighted by Crippen LogP contribution is -2.24. The van der Waals surface area contributed by atoms with Gasteiger partial charge in [0.05, 0.1) is 12.1 Å². The molecule has 3 aromatic rings. The number of hydrogen-bond donors (Lipinski definition) is 0. The fraction of sp³-hybridized carbons (Fsp3) is 0.188. The van der Waals surface area contributed by atoms with Crippen molar-refractivity contribution in [2.24, 2.45) is 0 Å². The Hall–Kier alpha value is -2.69. The van der Waals surface area contributed by atoms with E-state index < -0.39 is 11.5 Å². The first-order valence-electron chi connectivity index (χ1n) is 6.79. The number of pyridine rings is 1. The standard InChI is InChI=1S/C16H14N2O3/c1-2-9-21-16(20)12-10-17-14-8-7-11-5-3-4-6-13(11)18(14)15(12)19/h3-8,10H,2,9H2,1H3. The number of para-hydroxylation sites is 1. The van der Waals surface area contributed by atoms with Crippen molar-refractivity contribution in [3.05, 3.63) is 58.5 Å². The monoisotopic (exact) mass is 282 g/mol. The Labute approximate surface area is 120 Å². The Bertz CT molecular complexity index is 883. The van der Waals surface area contributed by atoms with Crippen LogP contribution in [0.2, 0.25) is 0 Å². The van der Waals surface area contributed by atoms with Crippen LogP contribution in [0.25, 0.3) is 16.6 Å². The normalized spacial score (nSPS) is 10.9. The molecule has 106 valence electrons. The highest BCUT2D eigenvalue weighted by Crippen LogP contribution is 2.14. The van der Waals surface area contributed by atoms with Crippen LogP contribution in [-0.4, -0.2) is 22.0 Å². The Balaban J connectivity index is 2.26. The molecule has 0 bridgehead atoms. The summed E-state index contributed by atoms with van der Waals surface area (Å²) in [6.45, 7) is 2.18. The summed E-state index contributed by atoms with van der Waals surface area (Å²) in [7, 11) is 0. The van der Waals surface area contributed by atoms with E-state index in [0.717, 1.165) is 10.9 Å². The quantitative estimate of drug-likeness (QED) is 0.547. The summed E-state index contributed by atoms with van der Waals surface area (Å²) in [5, 5.41) is 0.910. The SMILES string of the molecule is CCCOC(=O)c1cnc2ccc3ccccc3n2c1=O. The van der Waals surface area contributed by atoms with E-state index in [1.165, 1.54) is 10.6 Å². The van der Waals surface area contributed by atoms with Crippen molar-refractivity contribution in [2.75, 3.05) is 6.61 Å². The van der Waals surface area contributed by atoms with Crippen molar-refractivity contribution >= 4 is 22.5 Å². The molecule has 1 aromatic carbocycles. The molecule has 2 aromatic heterocycles.